The molecule has 0 aliphatic carbocycles. The van der Waals surface area contributed by atoms with Crippen molar-refractivity contribution in [3.8, 4) is 0 Å². The van der Waals surface area contributed by atoms with Crippen LogP contribution in [0.3, 0.4) is 0 Å². The molecule has 1 saturated heterocycles. The highest BCUT2D eigenvalue weighted by atomic mass is 16.7. The minimum atomic E-state index is -0.767. The van der Waals surface area contributed by atoms with Crippen LogP contribution in [-0.2, 0) is 50.1 Å². The van der Waals surface area contributed by atoms with Crippen LogP contribution < -0.4 is 0 Å². The lowest BCUT2D eigenvalue weighted by molar-refractivity contribution is -0.384. The summed E-state index contributed by atoms with van der Waals surface area (Å²) in [5.41, 5.74) is 3.89. The third-order valence-electron chi connectivity index (χ3n) is 7.14. The molecular formula is C34H35NO7. The molecule has 0 spiro atoms. The van der Waals surface area contributed by atoms with E-state index < -0.39 is 29.5 Å². The molecule has 1 fully saturated rings. The fraction of sp³-hybridized carbons (Fsp3) is 0.294. The lowest BCUT2D eigenvalue weighted by Gasteiger charge is -2.45. The van der Waals surface area contributed by atoms with Crippen molar-refractivity contribution >= 4 is 5.69 Å². The third-order valence-corrected chi connectivity index (χ3v) is 7.14. The first-order chi connectivity index (χ1) is 20.6. The van der Waals surface area contributed by atoms with E-state index in [4.69, 9.17) is 23.7 Å². The molecule has 1 heterocycles. The summed E-state index contributed by atoms with van der Waals surface area (Å²) < 4.78 is 32.2. The quantitative estimate of drug-likeness (QED) is 0.132. The molecule has 4 aromatic carbocycles. The standard InChI is InChI=1S/C34H35NO7/c1-25-31(38-21-26-11-5-2-6-12-26)32(39-22-27-13-7-3-8-14-27)33(40-23-28-15-9-4-10-16-28)34(42-25)41-24-29-17-19-30(20-18-29)35(36)37/h2-20,25,31-34H,21-24H2,1H3/t25-,31+,32+,33-,34?/m0/s1. The molecular weight excluding hydrogens is 534 g/mol. The number of nitro groups is 1. The summed E-state index contributed by atoms with van der Waals surface area (Å²) in [5, 5.41) is 11.1. The molecule has 4 aromatic rings. The van der Waals surface area contributed by atoms with Gasteiger partial charge in [0.15, 0.2) is 6.29 Å². The molecule has 5 atom stereocenters. The van der Waals surface area contributed by atoms with Crippen molar-refractivity contribution in [2.75, 3.05) is 0 Å². The molecule has 1 aliphatic heterocycles. The molecule has 0 amide bonds. The van der Waals surface area contributed by atoms with Gasteiger partial charge in [0.2, 0.25) is 0 Å². The molecule has 0 N–H and O–H groups in total. The number of non-ortho nitro benzene ring substituents is 1. The van der Waals surface area contributed by atoms with E-state index in [0.717, 1.165) is 22.3 Å². The Morgan fingerprint density at radius 3 is 1.45 bits per heavy atom. The smallest absolute Gasteiger partial charge is 0.269 e. The van der Waals surface area contributed by atoms with Gasteiger partial charge >= 0.3 is 0 Å². The largest absolute Gasteiger partial charge is 0.368 e. The normalized spacial score (nSPS) is 22.1. The van der Waals surface area contributed by atoms with Gasteiger partial charge in [0, 0.05) is 12.1 Å². The van der Waals surface area contributed by atoms with Crippen LogP contribution in [0.2, 0.25) is 0 Å². The number of benzene rings is 4. The number of hydrogen-bond donors (Lipinski definition) is 0. The summed E-state index contributed by atoms with van der Waals surface area (Å²) in [6.07, 6.45) is -2.70. The Hall–Kier alpha value is -3.92. The zero-order valence-corrected chi connectivity index (χ0v) is 23.5. The fourth-order valence-electron chi connectivity index (χ4n) is 4.90. The first kappa shape index (κ1) is 29.6. The van der Waals surface area contributed by atoms with Gasteiger partial charge in [-0.05, 0) is 41.3 Å². The monoisotopic (exact) mass is 569 g/mol. The number of rotatable bonds is 13. The molecule has 8 nitrogen and oxygen atoms in total. The second kappa shape index (κ2) is 14.8. The molecule has 0 aromatic heterocycles. The van der Waals surface area contributed by atoms with E-state index >= 15 is 0 Å². The van der Waals surface area contributed by atoms with Crippen LogP contribution in [0.15, 0.2) is 115 Å². The summed E-state index contributed by atoms with van der Waals surface area (Å²) >= 11 is 0. The Balaban J connectivity index is 1.38. The average Bonchev–Trinajstić information content (AvgIpc) is 3.03. The van der Waals surface area contributed by atoms with Crippen molar-refractivity contribution in [1.82, 2.24) is 0 Å². The van der Waals surface area contributed by atoms with E-state index in [9.17, 15) is 10.1 Å². The maximum Gasteiger partial charge on any atom is 0.269 e. The molecule has 5 rings (SSSR count). The summed E-state index contributed by atoms with van der Waals surface area (Å²) in [7, 11) is 0. The van der Waals surface area contributed by atoms with E-state index in [1.165, 1.54) is 12.1 Å². The molecule has 8 heteroatoms. The van der Waals surface area contributed by atoms with Gasteiger partial charge in [-0.3, -0.25) is 10.1 Å². The number of nitrogens with zero attached hydrogens (tertiary/aromatic N) is 1. The second-order valence-corrected chi connectivity index (χ2v) is 10.2. The van der Waals surface area contributed by atoms with E-state index in [1.807, 2.05) is 97.9 Å². The lowest BCUT2D eigenvalue weighted by Crippen LogP contribution is -2.60. The predicted octanol–water partition coefficient (Wildman–Crippen LogP) is 6.61. The fourth-order valence-corrected chi connectivity index (χ4v) is 4.90. The van der Waals surface area contributed by atoms with E-state index in [-0.39, 0.29) is 18.4 Å². The van der Waals surface area contributed by atoms with Gasteiger partial charge in [-0.15, -0.1) is 0 Å². The van der Waals surface area contributed by atoms with Gasteiger partial charge in [0.25, 0.3) is 5.69 Å². The van der Waals surface area contributed by atoms with Crippen molar-refractivity contribution < 1.29 is 28.6 Å². The minimum Gasteiger partial charge on any atom is -0.368 e. The predicted molar refractivity (Wildman–Crippen MR) is 157 cm³/mol. The van der Waals surface area contributed by atoms with Crippen LogP contribution in [0.1, 0.15) is 29.2 Å². The van der Waals surface area contributed by atoms with E-state index in [2.05, 4.69) is 0 Å². The highest BCUT2D eigenvalue weighted by molar-refractivity contribution is 5.32. The van der Waals surface area contributed by atoms with Crippen molar-refractivity contribution in [3.05, 3.63) is 148 Å². The average molecular weight is 570 g/mol. The summed E-state index contributed by atoms with van der Waals surface area (Å²) in [6.45, 7) is 3.22. The highest BCUT2D eigenvalue weighted by Gasteiger charge is 2.47. The van der Waals surface area contributed by atoms with Gasteiger partial charge in [-0.2, -0.15) is 0 Å². The first-order valence-corrected chi connectivity index (χ1v) is 14.0. The topological polar surface area (TPSA) is 89.3 Å². The SMILES string of the molecule is C[C@@H]1OC(OCc2ccc([N+](=O)[O-])cc2)[C@@H](OCc2ccccc2)[C@H](OCc2ccccc2)[C@@H]1OCc1ccccc1. The molecule has 0 radical (unpaired) electrons. The zero-order chi connectivity index (χ0) is 29.1. The third kappa shape index (κ3) is 8.09. The van der Waals surface area contributed by atoms with Crippen molar-refractivity contribution in [1.29, 1.82) is 0 Å². The Labute approximate surface area is 245 Å². The first-order valence-electron chi connectivity index (χ1n) is 14.0. The van der Waals surface area contributed by atoms with Gasteiger partial charge in [-0.1, -0.05) is 91.0 Å². The molecule has 0 bridgehead atoms. The van der Waals surface area contributed by atoms with Gasteiger partial charge in [-0.25, -0.2) is 0 Å². The summed E-state index contributed by atoms with van der Waals surface area (Å²) in [6, 6.07) is 36.1. The van der Waals surface area contributed by atoms with E-state index in [0.29, 0.717) is 19.8 Å². The Morgan fingerprint density at radius 1 is 0.571 bits per heavy atom. The van der Waals surface area contributed by atoms with Crippen LogP contribution in [-0.4, -0.2) is 35.6 Å². The van der Waals surface area contributed by atoms with E-state index in [1.54, 1.807) is 12.1 Å². The van der Waals surface area contributed by atoms with Gasteiger partial charge in [0.05, 0.1) is 37.5 Å². The molecule has 42 heavy (non-hydrogen) atoms. The maximum atomic E-state index is 11.1. The number of ether oxygens (including phenoxy) is 5. The Morgan fingerprint density at radius 2 is 0.976 bits per heavy atom. The summed E-state index contributed by atoms with van der Waals surface area (Å²) in [4.78, 5) is 10.6. The lowest BCUT2D eigenvalue weighted by atomic mass is 9.98. The highest BCUT2D eigenvalue weighted by Crippen LogP contribution is 2.31. The second-order valence-electron chi connectivity index (χ2n) is 10.2. The molecule has 1 unspecified atom stereocenters. The Kier molecular flexibility index (Phi) is 10.4. The van der Waals surface area contributed by atoms with Crippen molar-refractivity contribution in [3.63, 3.8) is 0 Å². The number of nitro benzene ring substituents is 1. The van der Waals surface area contributed by atoms with Crippen molar-refractivity contribution in [2.45, 2.75) is 64.1 Å². The Bertz CT molecular complexity index is 1370. The molecule has 218 valence electrons. The van der Waals surface area contributed by atoms with Gasteiger partial charge < -0.3 is 23.7 Å². The molecule has 0 saturated carbocycles. The van der Waals surface area contributed by atoms with Gasteiger partial charge in [0.1, 0.15) is 18.3 Å². The summed E-state index contributed by atoms with van der Waals surface area (Å²) in [5.74, 6) is 0. The molecule has 1 aliphatic rings. The van der Waals surface area contributed by atoms with Crippen LogP contribution >= 0.6 is 0 Å². The zero-order valence-electron chi connectivity index (χ0n) is 23.5. The maximum absolute atomic E-state index is 11.1. The van der Waals surface area contributed by atoms with Crippen molar-refractivity contribution in [2.24, 2.45) is 0 Å². The van der Waals surface area contributed by atoms with Crippen LogP contribution in [0, 0.1) is 10.1 Å². The number of hydrogen-bond acceptors (Lipinski definition) is 7. The van der Waals surface area contributed by atoms with Crippen LogP contribution in [0.5, 0.6) is 0 Å². The van der Waals surface area contributed by atoms with Crippen LogP contribution in [0.25, 0.3) is 0 Å². The van der Waals surface area contributed by atoms with Crippen LogP contribution in [0.4, 0.5) is 5.69 Å². The minimum absolute atomic E-state index is 0.0261.